The molecule has 0 spiro atoms. The van der Waals surface area contributed by atoms with Gasteiger partial charge in [-0.3, -0.25) is 0 Å². The quantitative estimate of drug-likeness (QED) is 0.915. The summed E-state index contributed by atoms with van der Waals surface area (Å²) in [5.74, 6) is -0.692. The average Bonchev–Trinajstić information content (AvgIpc) is 2.73. The number of carboxylic acid groups (broad SMARTS) is 1. The van der Waals surface area contributed by atoms with Crippen LogP contribution in [0, 0.1) is 12.7 Å². The molecule has 0 bridgehead atoms. The molecule has 0 radical (unpaired) electrons. The molecule has 0 aliphatic heterocycles. The standard InChI is InChI=1S/C13H12FNO3S/c1-8-12(13(16)17)19-11(15-8)6-7-18-10-4-2-9(14)3-5-10/h2-5H,6-7H2,1H3,(H,16,17). The van der Waals surface area contributed by atoms with E-state index in [4.69, 9.17) is 9.84 Å². The van der Waals surface area contributed by atoms with Crippen LogP contribution < -0.4 is 4.74 Å². The van der Waals surface area contributed by atoms with Gasteiger partial charge < -0.3 is 9.84 Å². The number of halogens is 1. The number of aryl methyl sites for hydroxylation is 1. The van der Waals surface area contributed by atoms with Gasteiger partial charge in [-0.15, -0.1) is 11.3 Å². The third-order valence-corrected chi connectivity index (χ3v) is 3.64. The minimum atomic E-state index is -0.958. The van der Waals surface area contributed by atoms with Crippen molar-refractivity contribution in [1.82, 2.24) is 4.98 Å². The Morgan fingerprint density at radius 3 is 2.68 bits per heavy atom. The SMILES string of the molecule is Cc1nc(CCOc2ccc(F)cc2)sc1C(=O)O. The maximum atomic E-state index is 12.7. The molecule has 6 heteroatoms. The molecule has 0 fully saturated rings. The van der Waals surface area contributed by atoms with Gasteiger partial charge in [0.15, 0.2) is 0 Å². The number of nitrogens with zero attached hydrogens (tertiary/aromatic N) is 1. The smallest absolute Gasteiger partial charge is 0.347 e. The summed E-state index contributed by atoms with van der Waals surface area (Å²) in [4.78, 5) is 15.3. The van der Waals surface area contributed by atoms with Gasteiger partial charge in [0, 0.05) is 6.42 Å². The maximum absolute atomic E-state index is 12.7. The third kappa shape index (κ3) is 3.51. The summed E-state index contributed by atoms with van der Waals surface area (Å²) >= 11 is 1.15. The predicted molar refractivity (Wildman–Crippen MR) is 69.4 cm³/mol. The minimum absolute atomic E-state index is 0.261. The van der Waals surface area contributed by atoms with Crippen LogP contribution in [0.1, 0.15) is 20.4 Å². The molecule has 0 aliphatic rings. The van der Waals surface area contributed by atoms with Crippen LogP contribution in [0.15, 0.2) is 24.3 Å². The van der Waals surface area contributed by atoms with E-state index in [1.54, 1.807) is 19.1 Å². The second-order valence-corrected chi connectivity index (χ2v) is 4.96. The summed E-state index contributed by atoms with van der Waals surface area (Å²) in [7, 11) is 0. The highest BCUT2D eigenvalue weighted by atomic mass is 32.1. The molecule has 0 atom stereocenters. The summed E-state index contributed by atoms with van der Waals surface area (Å²) in [5.41, 5.74) is 0.522. The Bertz CT molecular complexity index is 580. The molecular formula is C13H12FNO3S. The Balaban J connectivity index is 1.90. The Kier molecular flexibility index (Phi) is 4.11. The van der Waals surface area contributed by atoms with E-state index in [-0.39, 0.29) is 10.7 Å². The van der Waals surface area contributed by atoms with Gasteiger partial charge in [-0.05, 0) is 31.2 Å². The average molecular weight is 281 g/mol. The van der Waals surface area contributed by atoms with Crippen molar-refractivity contribution < 1.29 is 19.0 Å². The fraction of sp³-hybridized carbons (Fsp3) is 0.231. The lowest BCUT2D eigenvalue weighted by atomic mass is 10.3. The Morgan fingerprint density at radius 2 is 2.11 bits per heavy atom. The highest BCUT2D eigenvalue weighted by Crippen LogP contribution is 2.19. The molecule has 2 aromatic rings. The van der Waals surface area contributed by atoms with Gasteiger partial charge in [0.2, 0.25) is 0 Å². The number of hydrogen-bond acceptors (Lipinski definition) is 4. The highest BCUT2D eigenvalue weighted by Gasteiger charge is 2.13. The van der Waals surface area contributed by atoms with E-state index in [1.807, 2.05) is 0 Å². The van der Waals surface area contributed by atoms with Crippen LogP contribution in [0.5, 0.6) is 5.75 Å². The van der Waals surface area contributed by atoms with Crippen LogP contribution in [0.4, 0.5) is 4.39 Å². The Labute approximate surface area is 113 Å². The summed E-state index contributed by atoms with van der Waals surface area (Å²) in [6.07, 6.45) is 0.524. The van der Waals surface area contributed by atoms with Gasteiger partial charge in [0.05, 0.1) is 17.3 Å². The monoisotopic (exact) mass is 281 g/mol. The lowest BCUT2D eigenvalue weighted by molar-refractivity contribution is 0.0701. The number of carboxylic acids is 1. The van der Waals surface area contributed by atoms with E-state index >= 15 is 0 Å². The molecule has 0 saturated heterocycles. The zero-order valence-electron chi connectivity index (χ0n) is 10.2. The van der Waals surface area contributed by atoms with E-state index < -0.39 is 5.97 Å². The second kappa shape index (κ2) is 5.79. The van der Waals surface area contributed by atoms with Crippen molar-refractivity contribution in [2.24, 2.45) is 0 Å². The van der Waals surface area contributed by atoms with Crippen LogP contribution in [-0.4, -0.2) is 22.7 Å². The topological polar surface area (TPSA) is 59.4 Å². The molecule has 0 amide bonds. The molecule has 100 valence electrons. The molecule has 0 unspecified atom stereocenters. The normalized spacial score (nSPS) is 10.4. The van der Waals surface area contributed by atoms with Gasteiger partial charge in [-0.2, -0.15) is 0 Å². The fourth-order valence-electron chi connectivity index (χ4n) is 1.54. The number of aromatic nitrogens is 1. The molecular weight excluding hydrogens is 269 g/mol. The fourth-order valence-corrected chi connectivity index (χ4v) is 2.43. The van der Waals surface area contributed by atoms with Crippen molar-refractivity contribution in [3.63, 3.8) is 0 Å². The molecule has 0 saturated carbocycles. The van der Waals surface area contributed by atoms with Crippen LogP contribution in [0.3, 0.4) is 0 Å². The first-order valence-electron chi connectivity index (χ1n) is 5.64. The molecule has 4 nitrogen and oxygen atoms in total. The van der Waals surface area contributed by atoms with Crippen molar-refractivity contribution in [1.29, 1.82) is 0 Å². The predicted octanol–water partition coefficient (Wildman–Crippen LogP) is 2.91. The number of hydrogen-bond donors (Lipinski definition) is 1. The van der Waals surface area contributed by atoms with Crippen molar-refractivity contribution in [3.8, 4) is 5.75 Å². The van der Waals surface area contributed by atoms with E-state index in [2.05, 4.69) is 4.98 Å². The van der Waals surface area contributed by atoms with E-state index in [1.165, 1.54) is 12.1 Å². The summed E-state index contributed by atoms with van der Waals surface area (Å²) < 4.78 is 18.1. The van der Waals surface area contributed by atoms with Crippen LogP contribution >= 0.6 is 11.3 Å². The number of aromatic carboxylic acids is 1. The zero-order valence-corrected chi connectivity index (χ0v) is 11.0. The maximum Gasteiger partial charge on any atom is 0.347 e. The summed E-state index contributed by atoms with van der Waals surface area (Å²) in [5, 5.41) is 9.63. The zero-order chi connectivity index (χ0) is 13.8. The third-order valence-electron chi connectivity index (χ3n) is 2.43. The lowest BCUT2D eigenvalue weighted by Gasteiger charge is -2.04. The molecule has 0 aliphatic carbocycles. The van der Waals surface area contributed by atoms with Gasteiger partial charge in [-0.25, -0.2) is 14.2 Å². The number of rotatable bonds is 5. The van der Waals surface area contributed by atoms with E-state index in [0.29, 0.717) is 24.5 Å². The van der Waals surface area contributed by atoms with E-state index in [9.17, 15) is 9.18 Å². The molecule has 1 heterocycles. The number of benzene rings is 1. The number of carbonyl (C=O) groups is 1. The molecule has 19 heavy (non-hydrogen) atoms. The van der Waals surface area contributed by atoms with Crippen molar-refractivity contribution in [2.45, 2.75) is 13.3 Å². The lowest BCUT2D eigenvalue weighted by Crippen LogP contribution is -2.01. The second-order valence-electron chi connectivity index (χ2n) is 3.88. The van der Waals surface area contributed by atoms with Crippen molar-refractivity contribution >= 4 is 17.3 Å². The highest BCUT2D eigenvalue weighted by molar-refractivity contribution is 7.13. The van der Waals surface area contributed by atoms with Gasteiger partial charge >= 0.3 is 5.97 Å². The van der Waals surface area contributed by atoms with Crippen LogP contribution in [0.25, 0.3) is 0 Å². The van der Waals surface area contributed by atoms with Crippen molar-refractivity contribution in [3.05, 3.63) is 45.7 Å². The first-order chi connectivity index (χ1) is 9.06. The van der Waals surface area contributed by atoms with Gasteiger partial charge in [0.1, 0.15) is 16.4 Å². The molecule has 1 N–H and O–H groups in total. The number of thiazole rings is 1. The first-order valence-corrected chi connectivity index (χ1v) is 6.46. The Morgan fingerprint density at radius 1 is 1.42 bits per heavy atom. The van der Waals surface area contributed by atoms with Crippen LogP contribution in [-0.2, 0) is 6.42 Å². The first kappa shape index (κ1) is 13.5. The van der Waals surface area contributed by atoms with E-state index in [0.717, 1.165) is 16.3 Å². The van der Waals surface area contributed by atoms with Crippen molar-refractivity contribution in [2.75, 3.05) is 6.61 Å². The summed E-state index contributed by atoms with van der Waals surface area (Å²) in [6.45, 7) is 2.04. The summed E-state index contributed by atoms with van der Waals surface area (Å²) in [6, 6.07) is 5.74. The molecule has 1 aromatic heterocycles. The largest absolute Gasteiger partial charge is 0.493 e. The molecule has 2 rings (SSSR count). The number of ether oxygens (including phenoxy) is 1. The molecule has 1 aromatic carbocycles. The van der Waals surface area contributed by atoms with Gasteiger partial charge in [-0.1, -0.05) is 0 Å². The minimum Gasteiger partial charge on any atom is -0.493 e. The Hall–Kier alpha value is -1.95. The van der Waals surface area contributed by atoms with Gasteiger partial charge in [0.25, 0.3) is 0 Å². The van der Waals surface area contributed by atoms with Crippen LogP contribution in [0.2, 0.25) is 0 Å².